The van der Waals surface area contributed by atoms with Crippen LogP contribution in [0.15, 0.2) is 24.3 Å². The number of hydrogen-bond donors (Lipinski definition) is 0. The summed E-state index contributed by atoms with van der Waals surface area (Å²) in [6.45, 7) is 12.7. The summed E-state index contributed by atoms with van der Waals surface area (Å²) in [7, 11) is 0. The van der Waals surface area contributed by atoms with E-state index in [2.05, 4.69) is 27.0 Å². The predicted octanol–water partition coefficient (Wildman–Crippen LogP) is 6.04. The molecule has 0 rings (SSSR count). The van der Waals surface area contributed by atoms with Crippen molar-refractivity contribution in [3.63, 3.8) is 0 Å². The maximum Gasteiger partial charge on any atom is -0.0323 e. The first-order valence-corrected chi connectivity index (χ1v) is 7.04. The second kappa shape index (κ2) is 11.0. The summed E-state index contributed by atoms with van der Waals surface area (Å²) in [6, 6.07) is 0. The van der Waals surface area contributed by atoms with Gasteiger partial charge in [-0.2, -0.15) is 0 Å². The fraction of sp³-hybridized carbons (Fsp3) is 0.750. The quantitative estimate of drug-likeness (QED) is 0.295. The lowest BCUT2D eigenvalue weighted by Gasteiger charge is -2.06. The molecule has 0 fully saturated rings. The van der Waals surface area contributed by atoms with Gasteiger partial charge < -0.3 is 0 Å². The Labute approximate surface area is 103 Å². The molecule has 94 valence electrons. The third-order valence-corrected chi connectivity index (χ3v) is 3.19. The minimum Gasteiger partial charge on any atom is -0.0999 e. The Morgan fingerprint density at radius 2 is 1.19 bits per heavy atom. The van der Waals surface area contributed by atoms with Gasteiger partial charge in [0.05, 0.1) is 0 Å². The smallest absolute Gasteiger partial charge is 0.0323 e. The minimum absolute atomic E-state index is 1.14. The van der Waals surface area contributed by atoms with Crippen LogP contribution in [0.5, 0.6) is 0 Å². The van der Waals surface area contributed by atoms with E-state index < -0.39 is 0 Å². The molecule has 0 saturated carbocycles. The van der Waals surface area contributed by atoms with Gasteiger partial charge in [-0.15, -0.1) is 0 Å². The topological polar surface area (TPSA) is 0 Å². The van der Waals surface area contributed by atoms with Gasteiger partial charge in [-0.1, -0.05) is 57.4 Å². The predicted molar refractivity (Wildman–Crippen MR) is 75.8 cm³/mol. The van der Waals surface area contributed by atoms with Gasteiger partial charge in [0.15, 0.2) is 0 Å². The highest BCUT2D eigenvalue weighted by molar-refractivity contribution is 4.95. The van der Waals surface area contributed by atoms with Gasteiger partial charge in [0, 0.05) is 0 Å². The Hall–Kier alpha value is -0.520. The van der Waals surface area contributed by atoms with Crippen LogP contribution in [0.2, 0.25) is 0 Å². The molecular formula is C16H30. The number of rotatable bonds is 11. The van der Waals surface area contributed by atoms with Crippen LogP contribution in [-0.2, 0) is 0 Å². The van der Waals surface area contributed by atoms with Crippen molar-refractivity contribution < 1.29 is 0 Å². The molecule has 16 heavy (non-hydrogen) atoms. The first-order valence-electron chi connectivity index (χ1n) is 7.04. The van der Waals surface area contributed by atoms with Crippen molar-refractivity contribution in [3.05, 3.63) is 24.3 Å². The molecule has 0 aromatic rings. The molecule has 0 saturated heterocycles. The molecule has 0 aromatic heterocycles. The SMILES string of the molecule is C=C(CC)CCCCC(=C)CCCCCC. The first kappa shape index (κ1) is 15.5. The van der Waals surface area contributed by atoms with Crippen molar-refractivity contribution in [2.45, 2.75) is 78.1 Å². The summed E-state index contributed by atoms with van der Waals surface area (Å²) in [5, 5.41) is 0. The van der Waals surface area contributed by atoms with Crippen molar-refractivity contribution in [1.82, 2.24) is 0 Å². The third kappa shape index (κ3) is 10.0. The summed E-state index contributed by atoms with van der Waals surface area (Å²) < 4.78 is 0. The van der Waals surface area contributed by atoms with Crippen LogP contribution in [-0.4, -0.2) is 0 Å². The maximum atomic E-state index is 4.17. The summed E-state index contributed by atoms with van der Waals surface area (Å²) in [6.07, 6.45) is 12.8. The second-order valence-electron chi connectivity index (χ2n) is 4.87. The third-order valence-electron chi connectivity index (χ3n) is 3.19. The lowest BCUT2D eigenvalue weighted by molar-refractivity contribution is 0.639. The number of hydrogen-bond acceptors (Lipinski definition) is 0. The zero-order valence-electron chi connectivity index (χ0n) is 11.5. The highest BCUT2D eigenvalue weighted by Gasteiger charge is 1.97. The molecule has 0 bridgehead atoms. The van der Waals surface area contributed by atoms with Gasteiger partial charge in [-0.05, 0) is 44.9 Å². The lowest BCUT2D eigenvalue weighted by Crippen LogP contribution is -1.86. The Bertz CT molecular complexity index is 188. The van der Waals surface area contributed by atoms with E-state index in [9.17, 15) is 0 Å². The van der Waals surface area contributed by atoms with E-state index in [-0.39, 0.29) is 0 Å². The van der Waals surface area contributed by atoms with Gasteiger partial charge in [0.1, 0.15) is 0 Å². The van der Waals surface area contributed by atoms with Crippen LogP contribution in [0, 0.1) is 0 Å². The Balaban J connectivity index is 3.27. The fourth-order valence-electron chi connectivity index (χ4n) is 1.85. The van der Waals surface area contributed by atoms with Crippen molar-refractivity contribution >= 4 is 0 Å². The molecule has 0 heterocycles. The van der Waals surface area contributed by atoms with Gasteiger partial charge in [-0.3, -0.25) is 0 Å². The van der Waals surface area contributed by atoms with Gasteiger partial charge in [-0.25, -0.2) is 0 Å². The Kier molecular flexibility index (Phi) is 10.6. The fourth-order valence-corrected chi connectivity index (χ4v) is 1.85. The van der Waals surface area contributed by atoms with E-state index in [1.165, 1.54) is 68.9 Å². The average Bonchev–Trinajstić information content (AvgIpc) is 2.30. The molecule has 0 radical (unpaired) electrons. The van der Waals surface area contributed by atoms with Crippen molar-refractivity contribution in [2.75, 3.05) is 0 Å². The molecule has 0 N–H and O–H groups in total. The van der Waals surface area contributed by atoms with E-state index in [0.717, 1.165) is 6.42 Å². The van der Waals surface area contributed by atoms with E-state index in [0.29, 0.717) is 0 Å². The average molecular weight is 222 g/mol. The van der Waals surface area contributed by atoms with Gasteiger partial charge >= 0.3 is 0 Å². The van der Waals surface area contributed by atoms with Crippen LogP contribution in [0.4, 0.5) is 0 Å². The van der Waals surface area contributed by atoms with E-state index >= 15 is 0 Å². The lowest BCUT2D eigenvalue weighted by atomic mass is 10.0. The van der Waals surface area contributed by atoms with Crippen LogP contribution in [0.3, 0.4) is 0 Å². The second-order valence-corrected chi connectivity index (χ2v) is 4.87. The molecule has 0 spiro atoms. The normalized spacial score (nSPS) is 10.4. The summed E-state index contributed by atoms with van der Waals surface area (Å²) in [5.41, 5.74) is 2.85. The van der Waals surface area contributed by atoms with Gasteiger partial charge in [0.2, 0.25) is 0 Å². The Morgan fingerprint density at radius 1 is 0.688 bits per heavy atom. The summed E-state index contributed by atoms with van der Waals surface area (Å²) in [4.78, 5) is 0. The zero-order valence-corrected chi connectivity index (χ0v) is 11.5. The van der Waals surface area contributed by atoms with Crippen LogP contribution in [0.25, 0.3) is 0 Å². The molecule has 0 unspecified atom stereocenters. The number of unbranched alkanes of at least 4 members (excludes halogenated alkanes) is 4. The molecule has 0 aliphatic rings. The monoisotopic (exact) mass is 222 g/mol. The van der Waals surface area contributed by atoms with Crippen LogP contribution in [0.1, 0.15) is 78.1 Å². The van der Waals surface area contributed by atoms with E-state index in [1.54, 1.807) is 0 Å². The first-order chi connectivity index (χ1) is 7.70. The van der Waals surface area contributed by atoms with Crippen molar-refractivity contribution in [2.24, 2.45) is 0 Å². The maximum absolute atomic E-state index is 4.17. The number of allylic oxidation sites excluding steroid dienone is 2. The van der Waals surface area contributed by atoms with Crippen molar-refractivity contribution in [1.29, 1.82) is 0 Å². The highest BCUT2D eigenvalue weighted by atomic mass is 14.0. The molecule has 0 atom stereocenters. The van der Waals surface area contributed by atoms with Crippen LogP contribution >= 0.6 is 0 Å². The van der Waals surface area contributed by atoms with Crippen molar-refractivity contribution in [3.8, 4) is 0 Å². The molecule has 0 heteroatoms. The van der Waals surface area contributed by atoms with E-state index in [4.69, 9.17) is 0 Å². The molecular weight excluding hydrogens is 192 g/mol. The molecule has 0 aliphatic carbocycles. The molecule has 0 aromatic carbocycles. The molecule has 0 aliphatic heterocycles. The highest BCUT2D eigenvalue weighted by Crippen LogP contribution is 2.16. The summed E-state index contributed by atoms with van der Waals surface area (Å²) in [5.74, 6) is 0. The molecule has 0 nitrogen and oxygen atoms in total. The minimum atomic E-state index is 1.14. The summed E-state index contributed by atoms with van der Waals surface area (Å²) >= 11 is 0. The Morgan fingerprint density at radius 3 is 1.69 bits per heavy atom. The van der Waals surface area contributed by atoms with E-state index in [1.807, 2.05) is 0 Å². The van der Waals surface area contributed by atoms with Crippen LogP contribution < -0.4 is 0 Å². The molecule has 0 amide bonds. The van der Waals surface area contributed by atoms with Gasteiger partial charge in [0.25, 0.3) is 0 Å². The largest absolute Gasteiger partial charge is 0.0999 e. The zero-order chi connectivity index (χ0) is 12.2. The standard InChI is InChI=1S/C16H30/c1-5-7-8-9-13-16(4)14-11-10-12-15(3)6-2/h3-14H2,1-2H3.